The summed E-state index contributed by atoms with van der Waals surface area (Å²) >= 11 is 0. The quantitative estimate of drug-likeness (QED) is 0.391. The molecule has 186 valence electrons. The van der Waals surface area contributed by atoms with Crippen LogP contribution in [0.4, 0.5) is 20.6 Å². The van der Waals surface area contributed by atoms with E-state index >= 15 is 0 Å². The first-order chi connectivity index (χ1) is 17.9. The van der Waals surface area contributed by atoms with Gasteiger partial charge in [0.2, 0.25) is 6.79 Å². The van der Waals surface area contributed by atoms with Gasteiger partial charge < -0.3 is 19.5 Å². The van der Waals surface area contributed by atoms with Gasteiger partial charge in [-0.1, -0.05) is 12.1 Å². The SMILES string of the molecule is O=C(COc1ccc(/C=C2\C(=O)NC(=O)N(c3ccc4c(c3)OCO4)C2=O)cc1)Nc1ccc(F)cc1. The third-order valence-corrected chi connectivity index (χ3v) is 5.41. The van der Waals surface area contributed by atoms with E-state index in [0.29, 0.717) is 28.5 Å². The normalized spacial score (nSPS) is 15.5. The first kappa shape index (κ1) is 23.5. The lowest BCUT2D eigenvalue weighted by Gasteiger charge is -2.26. The molecule has 2 aliphatic rings. The fourth-order valence-corrected chi connectivity index (χ4v) is 3.62. The van der Waals surface area contributed by atoms with E-state index in [9.17, 15) is 23.6 Å². The van der Waals surface area contributed by atoms with E-state index < -0.39 is 29.6 Å². The van der Waals surface area contributed by atoms with Gasteiger partial charge in [0.1, 0.15) is 17.1 Å². The van der Waals surface area contributed by atoms with Crippen LogP contribution in [-0.4, -0.2) is 37.2 Å². The maximum atomic E-state index is 13.1. The third-order valence-electron chi connectivity index (χ3n) is 5.41. The van der Waals surface area contributed by atoms with E-state index in [1.807, 2.05) is 0 Å². The van der Waals surface area contributed by atoms with Gasteiger partial charge in [-0.3, -0.25) is 19.7 Å². The average Bonchev–Trinajstić information content (AvgIpc) is 3.35. The predicted molar refractivity (Wildman–Crippen MR) is 129 cm³/mol. The number of barbiturate groups is 1. The maximum absolute atomic E-state index is 13.1. The molecule has 37 heavy (non-hydrogen) atoms. The minimum Gasteiger partial charge on any atom is -0.484 e. The van der Waals surface area contributed by atoms with Gasteiger partial charge >= 0.3 is 6.03 Å². The zero-order valence-electron chi connectivity index (χ0n) is 19.0. The molecule has 11 heteroatoms. The number of hydrogen-bond acceptors (Lipinski definition) is 7. The molecule has 2 aliphatic heterocycles. The Kier molecular flexibility index (Phi) is 6.25. The number of benzene rings is 3. The molecule has 3 aromatic carbocycles. The van der Waals surface area contributed by atoms with Gasteiger partial charge in [-0.25, -0.2) is 14.1 Å². The summed E-state index contributed by atoms with van der Waals surface area (Å²) in [6.45, 7) is -0.257. The molecule has 2 heterocycles. The van der Waals surface area contributed by atoms with Gasteiger partial charge in [0.15, 0.2) is 18.1 Å². The van der Waals surface area contributed by atoms with E-state index in [1.165, 1.54) is 42.5 Å². The van der Waals surface area contributed by atoms with Crippen LogP contribution in [0.5, 0.6) is 17.2 Å². The molecule has 0 aliphatic carbocycles. The predicted octanol–water partition coefficient (Wildman–Crippen LogP) is 3.24. The minimum atomic E-state index is -0.881. The average molecular weight is 503 g/mol. The highest BCUT2D eigenvalue weighted by Crippen LogP contribution is 2.36. The van der Waals surface area contributed by atoms with E-state index in [2.05, 4.69) is 10.6 Å². The Balaban J connectivity index is 1.26. The largest absolute Gasteiger partial charge is 0.484 e. The first-order valence-corrected chi connectivity index (χ1v) is 11.0. The lowest BCUT2D eigenvalue weighted by atomic mass is 10.1. The third kappa shape index (κ3) is 5.10. The summed E-state index contributed by atoms with van der Waals surface area (Å²) in [6.07, 6.45) is 1.34. The van der Waals surface area contributed by atoms with E-state index in [4.69, 9.17) is 14.2 Å². The Bertz CT molecular complexity index is 1440. The number of carbonyl (C=O) groups excluding carboxylic acids is 4. The number of urea groups is 1. The molecule has 0 atom stereocenters. The lowest BCUT2D eigenvalue weighted by molar-refractivity contribution is -0.122. The van der Waals surface area contributed by atoms with Gasteiger partial charge in [-0.05, 0) is 60.2 Å². The zero-order chi connectivity index (χ0) is 25.9. The van der Waals surface area contributed by atoms with Crippen molar-refractivity contribution in [3.63, 3.8) is 0 Å². The number of imide groups is 2. The lowest BCUT2D eigenvalue weighted by Crippen LogP contribution is -2.54. The van der Waals surface area contributed by atoms with Gasteiger partial charge in [0.25, 0.3) is 17.7 Å². The van der Waals surface area contributed by atoms with E-state index in [0.717, 1.165) is 4.90 Å². The second-order valence-corrected chi connectivity index (χ2v) is 7.91. The summed E-state index contributed by atoms with van der Waals surface area (Å²) in [5.41, 5.74) is 0.889. The number of carbonyl (C=O) groups is 4. The number of nitrogens with zero attached hydrogens (tertiary/aromatic N) is 1. The fourth-order valence-electron chi connectivity index (χ4n) is 3.62. The minimum absolute atomic E-state index is 0.0290. The van der Waals surface area contributed by atoms with Crippen LogP contribution in [0.2, 0.25) is 0 Å². The van der Waals surface area contributed by atoms with Crippen LogP contribution >= 0.6 is 0 Å². The Labute approximate surface area is 209 Å². The van der Waals surface area contributed by atoms with Crippen molar-refractivity contribution in [2.75, 3.05) is 23.6 Å². The van der Waals surface area contributed by atoms with Crippen LogP contribution in [0.1, 0.15) is 5.56 Å². The molecule has 0 aromatic heterocycles. The molecule has 5 amide bonds. The highest BCUT2D eigenvalue weighted by atomic mass is 19.1. The van der Waals surface area contributed by atoms with Gasteiger partial charge in [-0.15, -0.1) is 0 Å². The molecule has 0 bridgehead atoms. The Morgan fingerprint density at radius 3 is 2.49 bits per heavy atom. The summed E-state index contributed by atoms with van der Waals surface area (Å²) in [5.74, 6) is -1.25. The van der Waals surface area contributed by atoms with Crippen LogP contribution in [0.15, 0.2) is 72.3 Å². The van der Waals surface area contributed by atoms with Crippen LogP contribution < -0.4 is 29.7 Å². The van der Waals surface area contributed by atoms with Crippen molar-refractivity contribution < 1.29 is 37.8 Å². The molecule has 5 rings (SSSR count). The second-order valence-electron chi connectivity index (χ2n) is 7.91. The molecular formula is C26H18FN3O7. The zero-order valence-corrected chi connectivity index (χ0v) is 19.0. The van der Waals surface area contributed by atoms with E-state index in [-0.39, 0.29) is 24.7 Å². The Morgan fingerprint density at radius 2 is 1.73 bits per heavy atom. The van der Waals surface area contributed by atoms with Crippen molar-refractivity contribution in [3.05, 3.63) is 83.7 Å². The van der Waals surface area contributed by atoms with Gasteiger partial charge in [0.05, 0.1) is 5.69 Å². The van der Waals surface area contributed by atoms with E-state index in [1.54, 1.807) is 30.3 Å². The summed E-state index contributed by atoms with van der Waals surface area (Å²) in [7, 11) is 0. The molecule has 0 radical (unpaired) electrons. The smallest absolute Gasteiger partial charge is 0.335 e. The van der Waals surface area contributed by atoms with Crippen molar-refractivity contribution in [3.8, 4) is 17.2 Å². The van der Waals surface area contributed by atoms with Crippen molar-refractivity contribution in [2.24, 2.45) is 0 Å². The molecule has 0 saturated carbocycles. The number of ether oxygens (including phenoxy) is 3. The number of nitrogens with one attached hydrogen (secondary N) is 2. The molecular weight excluding hydrogens is 485 g/mol. The maximum Gasteiger partial charge on any atom is 0.335 e. The summed E-state index contributed by atoms with van der Waals surface area (Å²) in [4.78, 5) is 50.8. The van der Waals surface area contributed by atoms with Gasteiger partial charge in [-0.2, -0.15) is 0 Å². The summed E-state index contributed by atoms with van der Waals surface area (Å²) in [6, 6.07) is 15.3. The van der Waals surface area contributed by atoms with Gasteiger partial charge in [0, 0.05) is 11.8 Å². The number of amides is 5. The van der Waals surface area contributed by atoms with Crippen molar-refractivity contribution in [1.82, 2.24) is 5.32 Å². The molecule has 0 spiro atoms. The standard InChI is InChI=1S/C26H18FN3O7/c27-16-3-5-17(6-4-16)28-23(31)13-35-19-8-1-15(2-9-19)11-20-24(32)29-26(34)30(25(20)33)18-7-10-21-22(12-18)37-14-36-21/h1-12H,13-14H2,(H,28,31)(H,29,32,34)/b20-11+. The van der Waals surface area contributed by atoms with Crippen molar-refractivity contribution in [1.29, 1.82) is 0 Å². The molecule has 0 unspecified atom stereocenters. The molecule has 2 N–H and O–H groups in total. The number of halogens is 1. The fraction of sp³-hybridized carbons (Fsp3) is 0.0769. The van der Waals surface area contributed by atoms with Crippen LogP contribution in [0, 0.1) is 5.82 Å². The van der Waals surface area contributed by atoms with Crippen LogP contribution in [-0.2, 0) is 14.4 Å². The van der Waals surface area contributed by atoms with Crippen LogP contribution in [0.3, 0.4) is 0 Å². The Morgan fingerprint density at radius 1 is 1.00 bits per heavy atom. The summed E-state index contributed by atoms with van der Waals surface area (Å²) < 4.78 is 29.0. The number of rotatable bonds is 6. The highest BCUT2D eigenvalue weighted by Gasteiger charge is 2.37. The summed E-state index contributed by atoms with van der Waals surface area (Å²) in [5, 5.41) is 4.74. The molecule has 3 aromatic rings. The topological polar surface area (TPSA) is 123 Å². The van der Waals surface area contributed by atoms with Crippen LogP contribution in [0.25, 0.3) is 6.08 Å². The second kappa shape index (κ2) is 9.82. The molecule has 1 saturated heterocycles. The Hall–Kier alpha value is -5.19. The molecule has 10 nitrogen and oxygen atoms in total. The first-order valence-electron chi connectivity index (χ1n) is 11.0. The van der Waals surface area contributed by atoms with Crippen molar-refractivity contribution >= 4 is 41.2 Å². The monoisotopic (exact) mass is 503 g/mol. The number of fused-ring (bicyclic) bond motifs is 1. The highest BCUT2D eigenvalue weighted by molar-refractivity contribution is 6.39. The number of hydrogen-bond donors (Lipinski definition) is 2. The number of anilines is 2. The molecule has 1 fully saturated rings. The van der Waals surface area contributed by atoms with Crippen molar-refractivity contribution in [2.45, 2.75) is 0 Å².